The van der Waals surface area contributed by atoms with Gasteiger partial charge in [0.2, 0.25) is 0 Å². The first kappa shape index (κ1) is 12.4. The molecule has 0 aliphatic rings. The largest absolute Gasteiger partial charge is 0.484 e. The zero-order valence-electron chi connectivity index (χ0n) is 9.34. The minimum atomic E-state index is -0.375. The van der Waals surface area contributed by atoms with Crippen LogP contribution in [0.3, 0.4) is 0 Å². The summed E-state index contributed by atoms with van der Waals surface area (Å²) < 4.78 is 18.3. The molecule has 16 heavy (non-hydrogen) atoms. The molecule has 4 nitrogen and oxygen atoms in total. The van der Waals surface area contributed by atoms with Gasteiger partial charge in [-0.1, -0.05) is 0 Å². The van der Waals surface area contributed by atoms with E-state index >= 15 is 0 Å². The van der Waals surface area contributed by atoms with Gasteiger partial charge < -0.3 is 15.4 Å². The Balaban J connectivity index is 2.68. The Kier molecular flexibility index (Phi) is 4.72. The molecule has 0 aliphatic heterocycles. The lowest BCUT2D eigenvalue weighted by atomic mass is 10.2. The van der Waals surface area contributed by atoms with Crippen LogP contribution in [0.15, 0.2) is 18.2 Å². The second-order valence-corrected chi connectivity index (χ2v) is 3.29. The molecule has 1 amide bonds. The van der Waals surface area contributed by atoms with Crippen molar-refractivity contribution in [3.05, 3.63) is 29.6 Å². The SMILES string of the molecule is CNCc1cc(F)cc(OCC(=O)NC)c1. The average Bonchev–Trinajstić information content (AvgIpc) is 2.25. The maximum atomic E-state index is 13.1. The van der Waals surface area contributed by atoms with Crippen LogP contribution in [0.25, 0.3) is 0 Å². The third-order valence-electron chi connectivity index (χ3n) is 1.96. The summed E-state index contributed by atoms with van der Waals surface area (Å²) in [6, 6.07) is 4.37. The molecule has 1 aromatic rings. The molecule has 2 N–H and O–H groups in total. The van der Waals surface area contributed by atoms with Crippen LogP contribution in [0.5, 0.6) is 5.75 Å². The molecule has 0 heterocycles. The summed E-state index contributed by atoms with van der Waals surface area (Å²) in [7, 11) is 3.29. The number of ether oxygens (including phenoxy) is 1. The lowest BCUT2D eigenvalue weighted by molar-refractivity contribution is -0.122. The molecule has 1 aromatic carbocycles. The molecule has 0 aliphatic carbocycles. The summed E-state index contributed by atoms with van der Waals surface area (Å²) >= 11 is 0. The smallest absolute Gasteiger partial charge is 0.257 e. The number of benzene rings is 1. The van der Waals surface area contributed by atoms with Crippen molar-refractivity contribution in [2.24, 2.45) is 0 Å². The number of hydrogen-bond acceptors (Lipinski definition) is 3. The van der Waals surface area contributed by atoms with Gasteiger partial charge in [-0.25, -0.2) is 4.39 Å². The van der Waals surface area contributed by atoms with Crippen molar-refractivity contribution >= 4 is 5.91 Å². The minimum absolute atomic E-state index is 0.112. The fourth-order valence-corrected chi connectivity index (χ4v) is 1.23. The molecule has 1 rings (SSSR count). The highest BCUT2D eigenvalue weighted by Gasteiger charge is 2.03. The molecule has 0 saturated carbocycles. The summed E-state index contributed by atoms with van der Waals surface area (Å²) in [5.41, 5.74) is 0.773. The van der Waals surface area contributed by atoms with Gasteiger partial charge in [0.25, 0.3) is 5.91 Å². The molecule has 0 radical (unpaired) electrons. The van der Waals surface area contributed by atoms with E-state index in [1.54, 1.807) is 13.1 Å². The summed E-state index contributed by atoms with van der Waals surface area (Å²) in [6.07, 6.45) is 0. The summed E-state index contributed by atoms with van der Waals surface area (Å²) in [5.74, 6) is -0.270. The number of amides is 1. The zero-order valence-corrected chi connectivity index (χ0v) is 9.34. The number of nitrogens with one attached hydrogen (secondary N) is 2. The van der Waals surface area contributed by atoms with Crippen molar-refractivity contribution in [1.82, 2.24) is 10.6 Å². The van der Waals surface area contributed by atoms with E-state index in [0.717, 1.165) is 5.56 Å². The van der Waals surface area contributed by atoms with Crippen LogP contribution in [-0.2, 0) is 11.3 Å². The highest BCUT2D eigenvalue weighted by Crippen LogP contribution is 2.16. The van der Waals surface area contributed by atoms with Crippen molar-refractivity contribution in [3.8, 4) is 5.75 Å². The molecule has 0 bridgehead atoms. The number of carbonyl (C=O) groups excluding carboxylic acids is 1. The quantitative estimate of drug-likeness (QED) is 0.776. The molecule has 0 spiro atoms. The minimum Gasteiger partial charge on any atom is -0.484 e. The Morgan fingerprint density at radius 1 is 1.38 bits per heavy atom. The van der Waals surface area contributed by atoms with E-state index in [0.29, 0.717) is 12.3 Å². The van der Waals surface area contributed by atoms with E-state index in [2.05, 4.69) is 10.6 Å². The predicted molar refractivity (Wildman–Crippen MR) is 58.7 cm³/mol. The fraction of sp³-hybridized carbons (Fsp3) is 0.364. The number of rotatable bonds is 5. The first-order valence-electron chi connectivity index (χ1n) is 4.93. The highest BCUT2D eigenvalue weighted by atomic mass is 19.1. The Labute approximate surface area is 93.8 Å². The Hall–Kier alpha value is -1.62. The maximum Gasteiger partial charge on any atom is 0.257 e. The van der Waals surface area contributed by atoms with E-state index in [1.165, 1.54) is 19.2 Å². The van der Waals surface area contributed by atoms with Crippen LogP contribution in [0, 0.1) is 5.82 Å². The van der Waals surface area contributed by atoms with Gasteiger partial charge in [-0.2, -0.15) is 0 Å². The predicted octanol–water partition coefficient (Wildman–Crippen LogP) is 0.670. The van der Waals surface area contributed by atoms with E-state index in [9.17, 15) is 9.18 Å². The van der Waals surface area contributed by atoms with Crippen molar-refractivity contribution in [1.29, 1.82) is 0 Å². The molecule has 88 valence electrons. The van der Waals surface area contributed by atoms with E-state index in [-0.39, 0.29) is 18.3 Å². The van der Waals surface area contributed by atoms with Crippen LogP contribution in [0.2, 0.25) is 0 Å². The van der Waals surface area contributed by atoms with Gasteiger partial charge in [-0.05, 0) is 24.7 Å². The standard InChI is InChI=1S/C11H15FN2O2/c1-13-6-8-3-9(12)5-10(4-8)16-7-11(15)14-2/h3-5,13H,6-7H2,1-2H3,(H,14,15). The van der Waals surface area contributed by atoms with Gasteiger partial charge in [0.1, 0.15) is 11.6 Å². The summed E-state index contributed by atoms with van der Waals surface area (Å²) in [5, 5.41) is 5.33. The molecule has 0 fully saturated rings. The van der Waals surface area contributed by atoms with E-state index in [4.69, 9.17) is 4.74 Å². The lowest BCUT2D eigenvalue weighted by Gasteiger charge is -2.07. The monoisotopic (exact) mass is 226 g/mol. The number of halogens is 1. The molecule has 0 saturated heterocycles. The Morgan fingerprint density at radius 2 is 2.12 bits per heavy atom. The third kappa shape index (κ3) is 3.86. The first-order chi connectivity index (χ1) is 7.65. The van der Waals surface area contributed by atoms with Gasteiger partial charge in [0, 0.05) is 19.7 Å². The van der Waals surface area contributed by atoms with E-state index in [1.807, 2.05) is 0 Å². The van der Waals surface area contributed by atoms with Crippen molar-refractivity contribution in [2.75, 3.05) is 20.7 Å². The normalized spacial score (nSPS) is 9.94. The highest BCUT2D eigenvalue weighted by molar-refractivity contribution is 5.77. The van der Waals surface area contributed by atoms with Crippen LogP contribution < -0.4 is 15.4 Å². The van der Waals surface area contributed by atoms with Gasteiger partial charge in [0.15, 0.2) is 6.61 Å². The molecular formula is C11H15FN2O2. The van der Waals surface area contributed by atoms with Crippen molar-refractivity contribution < 1.29 is 13.9 Å². The number of hydrogen-bond donors (Lipinski definition) is 2. The second kappa shape index (κ2) is 6.07. The van der Waals surface area contributed by atoms with Crippen LogP contribution >= 0.6 is 0 Å². The molecule has 0 aromatic heterocycles. The maximum absolute atomic E-state index is 13.1. The van der Waals surface area contributed by atoms with Gasteiger partial charge in [-0.15, -0.1) is 0 Å². The summed E-state index contributed by atoms with van der Waals surface area (Å²) in [4.78, 5) is 10.9. The van der Waals surface area contributed by atoms with Crippen LogP contribution in [-0.4, -0.2) is 26.6 Å². The van der Waals surface area contributed by atoms with Crippen LogP contribution in [0.4, 0.5) is 4.39 Å². The third-order valence-corrected chi connectivity index (χ3v) is 1.96. The summed E-state index contributed by atoms with van der Waals surface area (Å²) in [6.45, 7) is 0.438. The number of likely N-dealkylation sites (N-methyl/N-ethyl adjacent to an activating group) is 1. The van der Waals surface area contributed by atoms with Gasteiger partial charge >= 0.3 is 0 Å². The van der Waals surface area contributed by atoms with E-state index < -0.39 is 0 Å². The van der Waals surface area contributed by atoms with Crippen molar-refractivity contribution in [2.45, 2.75) is 6.54 Å². The first-order valence-corrected chi connectivity index (χ1v) is 4.93. The molecular weight excluding hydrogens is 211 g/mol. The molecule has 5 heteroatoms. The zero-order chi connectivity index (χ0) is 12.0. The fourth-order valence-electron chi connectivity index (χ4n) is 1.23. The van der Waals surface area contributed by atoms with Crippen LogP contribution in [0.1, 0.15) is 5.56 Å². The van der Waals surface area contributed by atoms with Crippen molar-refractivity contribution in [3.63, 3.8) is 0 Å². The average molecular weight is 226 g/mol. The second-order valence-electron chi connectivity index (χ2n) is 3.29. The van der Waals surface area contributed by atoms with Gasteiger partial charge in [0.05, 0.1) is 0 Å². The molecule has 0 atom stereocenters. The number of carbonyl (C=O) groups is 1. The Morgan fingerprint density at radius 3 is 2.75 bits per heavy atom. The topological polar surface area (TPSA) is 50.4 Å². The lowest BCUT2D eigenvalue weighted by Crippen LogP contribution is -2.24. The Bertz CT molecular complexity index is 369. The van der Waals surface area contributed by atoms with Gasteiger partial charge in [-0.3, -0.25) is 4.79 Å². The molecule has 0 unspecified atom stereocenters.